The van der Waals surface area contributed by atoms with E-state index in [1.807, 2.05) is 24.5 Å². The summed E-state index contributed by atoms with van der Waals surface area (Å²) < 4.78 is 25.7. The van der Waals surface area contributed by atoms with Gasteiger partial charge in [0.2, 0.25) is 0 Å². The number of rotatable bonds is 8. The number of carbonyl (C=O) groups excluding carboxylic acids is 4. The minimum atomic E-state index is -1.19. The van der Waals surface area contributed by atoms with Crippen molar-refractivity contribution in [2.75, 3.05) is 6.61 Å². The Bertz CT molecular complexity index is 1760. The van der Waals surface area contributed by atoms with Gasteiger partial charge in [0, 0.05) is 50.7 Å². The summed E-state index contributed by atoms with van der Waals surface area (Å²) in [5.41, 5.74) is 4.25. The van der Waals surface area contributed by atoms with Crippen molar-refractivity contribution in [1.29, 1.82) is 0 Å². The summed E-state index contributed by atoms with van der Waals surface area (Å²) in [5, 5.41) is 4.29. The smallest absolute Gasteiger partial charge is 0.757 e. The van der Waals surface area contributed by atoms with Crippen LogP contribution in [0.1, 0.15) is 51.7 Å². The molecule has 11 nitrogen and oxygen atoms in total. The van der Waals surface area contributed by atoms with Gasteiger partial charge >= 0.3 is 46.3 Å². The number of pyridine rings is 2. The van der Waals surface area contributed by atoms with Crippen molar-refractivity contribution in [2.45, 2.75) is 83.2 Å². The van der Waals surface area contributed by atoms with Crippen LogP contribution in [0, 0.1) is 0 Å². The van der Waals surface area contributed by atoms with Gasteiger partial charge in [0.1, 0.15) is 18.8 Å². The molecular formula is C38H40AuN2O9PS. The van der Waals surface area contributed by atoms with E-state index in [-0.39, 0.29) is 29.0 Å². The number of aromatic nitrogens is 2. The molecule has 278 valence electrons. The van der Waals surface area contributed by atoms with Gasteiger partial charge in [-0.1, -0.05) is 50.0 Å². The molecule has 52 heavy (non-hydrogen) atoms. The quantitative estimate of drug-likeness (QED) is 0.0851. The van der Waals surface area contributed by atoms with Gasteiger partial charge < -0.3 is 36.3 Å². The summed E-state index contributed by atoms with van der Waals surface area (Å²) in [6.45, 7) is 4.36. The number of esters is 4. The molecule has 0 unspecified atom stereocenters. The molecule has 4 aromatic rings. The maximum atomic E-state index is 11.4. The minimum Gasteiger partial charge on any atom is -0.757 e. The van der Waals surface area contributed by atoms with E-state index in [1.54, 1.807) is 0 Å². The van der Waals surface area contributed by atoms with Gasteiger partial charge in [-0.05, 0) is 71.8 Å². The van der Waals surface area contributed by atoms with Crippen molar-refractivity contribution in [1.82, 2.24) is 9.97 Å². The number of benzene rings is 1. The molecule has 0 spiro atoms. The monoisotopic (exact) mass is 928 g/mol. The zero-order chi connectivity index (χ0) is 36.5. The molecule has 0 amide bonds. The second-order valence-electron chi connectivity index (χ2n) is 12.0. The Labute approximate surface area is 325 Å². The van der Waals surface area contributed by atoms with E-state index < -0.39 is 61.3 Å². The normalized spacial score (nSPS) is 20.4. The van der Waals surface area contributed by atoms with Crippen LogP contribution in [-0.4, -0.2) is 70.3 Å². The average molecular weight is 929 g/mol. The summed E-state index contributed by atoms with van der Waals surface area (Å²) in [6, 6.07) is 23.5. The first-order valence-corrected chi connectivity index (χ1v) is 18.5. The summed E-state index contributed by atoms with van der Waals surface area (Å²) in [7, 11) is -0.636. The Hall–Kier alpha value is -3.77. The van der Waals surface area contributed by atoms with Gasteiger partial charge in [-0.15, -0.1) is 0 Å². The molecule has 1 aromatic carbocycles. The fourth-order valence-electron chi connectivity index (χ4n) is 6.38. The topological polar surface area (TPSA) is 140 Å². The van der Waals surface area contributed by atoms with Crippen LogP contribution in [0.3, 0.4) is 0 Å². The molecule has 1 saturated heterocycles. The first-order valence-electron chi connectivity index (χ1n) is 16.7. The number of carbonyl (C=O) groups is 4. The zero-order valence-corrected chi connectivity index (χ0v) is 33.0. The molecule has 0 radical (unpaired) electrons. The van der Waals surface area contributed by atoms with Crippen LogP contribution in [0.2, 0.25) is 0 Å². The van der Waals surface area contributed by atoms with Crippen LogP contribution < -0.4 is 0 Å². The van der Waals surface area contributed by atoms with E-state index in [2.05, 4.69) is 54.6 Å². The standard InChI is InChI=1S/C24H21N2P.C14H20O9S.Au/c1-2-10-18(11-3-1)27-23(21-14-6-8-16-25-21)19-12-4-5-13-20(19)24(27)22-15-7-9-17-26-22;1-6(15)19-5-10-11(20-7(2)16)12(21-8(3)17)13(14(24)23-10)22-9(4)18;/h1-3,6-11,14-17H,4-5,12-13H2;10-14,24H,5H2,1-4H3;/q;;+1/p-1/t;10-,11-,12+,13-,14+;/m.1./s1. The summed E-state index contributed by atoms with van der Waals surface area (Å²) in [6.07, 6.45) is 4.21. The van der Waals surface area contributed by atoms with Crippen LogP contribution in [-0.2, 0) is 90.7 Å². The third kappa shape index (κ3) is 10.2. The first-order chi connectivity index (χ1) is 24.5. The van der Waals surface area contributed by atoms with Gasteiger partial charge in [-0.2, -0.15) is 0 Å². The van der Waals surface area contributed by atoms with Gasteiger partial charge in [-0.3, -0.25) is 29.1 Å². The Morgan fingerprint density at radius 2 is 1.17 bits per heavy atom. The average Bonchev–Trinajstić information content (AvgIpc) is 3.46. The Balaban J connectivity index is 0.000000231. The molecule has 2 aliphatic rings. The van der Waals surface area contributed by atoms with E-state index in [1.165, 1.54) is 46.8 Å². The van der Waals surface area contributed by atoms with Crippen LogP contribution in [0.5, 0.6) is 0 Å². The third-order valence-corrected chi connectivity index (χ3v) is 11.4. The zero-order valence-electron chi connectivity index (χ0n) is 29.2. The predicted molar refractivity (Wildman–Crippen MR) is 193 cm³/mol. The second kappa shape index (κ2) is 19.3. The van der Waals surface area contributed by atoms with Gasteiger partial charge in [-0.25, -0.2) is 0 Å². The van der Waals surface area contributed by atoms with Crippen molar-refractivity contribution in [3.05, 3.63) is 90.3 Å². The first kappa shape index (κ1) is 41.0. The maximum Gasteiger partial charge on any atom is 1.00 e. The summed E-state index contributed by atoms with van der Waals surface area (Å²) in [4.78, 5) is 54.6. The molecule has 4 heterocycles. The molecule has 1 aliphatic carbocycles. The third-order valence-electron chi connectivity index (χ3n) is 8.26. The molecule has 1 fully saturated rings. The maximum absolute atomic E-state index is 11.4. The predicted octanol–water partition coefficient (Wildman–Crippen LogP) is 6.28. The van der Waals surface area contributed by atoms with Crippen molar-refractivity contribution >= 4 is 44.0 Å². The fraction of sp³-hybridized carbons (Fsp3) is 0.368. The molecule has 0 N–H and O–H groups in total. The van der Waals surface area contributed by atoms with Gasteiger partial charge in [0.15, 0.2) is 12.2 Å². The van der Waals surface area contributed by atoms with Crippen LogP contribution in [0.4, 0.5) is 0 Å². The number of ether oxygens (including phenoxy) is 5. The molecule has 1 aliphatic heterocycles. The van der Waals surface area contributed by atoms with E-state index in [0.717, 1.165) is 45.0 Å². The minimum absolute atomic E-state index is 0. The van der Waals surface area contributed by atoms with E-state index in [4.69, 9.17) is 46.3 Å². The van der Waals surface area contributed by atoms with Gasteiger partial charge in [0.05, 0.1) is 11.4 Å². The van der Waals surface area contributed by atoms with Crippen molar-refractivity contribution < 1.29 is 65.2 Å². The molecule has 5 atom stereocenters. The largest absolute Gasteiger partial charge is 1.00 e. The van der Waals surface area contributed by atoms with Crippen molar-refractivity contribution in [3.63, 3.8) is 0 Å². The molecule has 0 bridgehead atoms. The van der Waals surface area contributed by atoms with Gasteiger partial charge in [0.25, 0.3) is 0 Å². The summed E-state index contributed by atoms with van der Waals surface area (Å²) in [5.74, 6) is -2.62. The molecule has 0 saturated carbocycles. The van der Waals surface area contributed by atoms with E-state index in [9.17, 15) is 19.2 Å². The van der Waals surface area contributed by atoms with Crippen LogP contribution in [0.25, 0.3) is 27.3 Å². The number of hydrogen-bond acceptors (Lipinski definition) is 12. The van der Waals surface area contributed by atoms with Crippen molar-refractivity contribution in [2.24, 2.45) is 0 Å². The summed E-state index contributed by atoms with van der Waals surface area (Å²) >= 11 is 5.11. The van der Waals surface area contributed by atoms with Crippen LogP contribution in [0.15, 0.2) is 79.1 Å². The fourth-order valence-corrected chi connectivity index (χ4v) is 9.70. The van der Waals surface area contributed by atoms with Crippen molar-refractivity contribution in [3.8, 4) is 27.3 Å². The SMILES string of the molecule is CC(=O)OC[C@H]1O[C@@H]([S-])[C@H](OC(C)=O)[C@@H](OC(C)=O)[C@@H]1OC(C)=O.[Au+].c1ccc(-p2c(-c3ccccn3)c3c(c2-c2ccccn2)CCCC3)cc1. The molecular weight excluding hydrogens is 888 g/mol. The number of nitrogens with zero attached hydrogens (tertiary/aromatic N) is 2. The number of fused-ring (bicyclic) bond motifs is 1. The Morgan fingerprint density at radius 1 is 0.692 bits per heavy atom. The second-order valence-corrected chi connectivity index (χ2v) is 14.6. The number of hydrogen-bond donors (Lipinski definition) is 0. The molecule has 6 rings (SSSR count). The molecule has 14 heteroatoms. The Kier molecular flexibility index (Phi) is 15.3. The molecule has 3 aromatic heterocycles. The van der Waals surface area contributed by atoms with Crippen LogP contribution >= 0.6 is 7.53 Å². The van der Waals surface area contributed by atoms with E-state index >= 15 is 0 Å². The van der Waals surface area contributed by atoms with E-state index in [0.29, 0.717) is 0 Å². The Morgan fingerprint density at radius 3 is 1.63 bits per heavy atom.